The number of amides is 1. The van der Waals surface area contributed by atoms with E-state index < -0.39 is 22.7 Å². The van der Waals surface area contributed by atoms with Gasteiger partial charge in [-0.3, -0.25) is 4.79 Å². The van der Waals surface area contributed by atoms with Crippen LogP contribution in [0.15, 0.2) is 36.4 Å². The number of anilines is 2. The highest BCUT2D eigenvalue weighted by molar-refractivity contribution is 7.85. The minimum absolute atomic E-state index is 0.0519. The van der Waals surface area contributed by atoms with E-state index in [0.29, 0.717) is 12.1 Å². The molecular formula is C26H36FN3O2S. The molecule has 33 heavy (non-hydrogen) atoms. The maximum Gasteiger partial charge on any atom is 0.227 e. The first kappa shape index (κ1) is 25.2. The SMILES string of the molecule is CC(C(=O)NCc1ccc(C(C)(C)C)cc1N1CCCCC1)c1ccc(NS(C)=O)c(F)c1. The molecule has 1 fully saturated rings. The third kappa shape index (κ3) is 6.56. The lowest BCUT2D eigenvalue weighted by atomic mass is 9.86. The van der Waals surface area contributed by atoms with E-state index in [4.69, 9.17) is 0 Å². The number of nitrogens with zero attached hydrogens (tertiary/aromatic N) is 1. The van der Waals surface area contributed by atoms with Crippen LogP contribution in [0.5, 0.6) is 0 Å². The highest BCUT2D eigenvalue weighted by Gasteiger charge is 2.21. The molecule has 2 atom stereocenters. The zero-order chi connectivity index (χ0) is 24.2. The third-order valence-electron chi connectivity index (χ3n) is 6.24. The van der Waals surface area contributed by atoms with Crippen LogP contribution in [0, 0.1) is 5.82 Å². The number of hydrogen-bond donors (Lipinski definition) is 2. The number of rotatable bonds is 7. The summed E-state index contributed by atoms with van der Waals surface area (Å²) in [6, 6.07) is 11.1. The molecule has 5 nitrogen and oxygen atoms in total. The van der Waals surface area contributed by atoms with Gasteiger partial charge in [-0.25, -0.2) is 8.60 Å². The van der Waals surface area contributed by atoms with Crippen LogP contribution in [0.1, 0.15) is 69.6 Å². The van der Waals surface area contributed by atoms with Gasteiger partial charge in [-0.2, -0.15) is 0 Å². The number of nitrogens with one attached hydrogen (secondary N) is 2. The number of hydrogen-bond acceptors (Lipinski definition) is 3. The zero-order valence-electron chi connectivity index (χ0n) is 20.3. The summed E-state index contributed by atoms with van der Waals surface area (Å²) in [6.45, 7) is 10.9. The Labute approximate surface area is 199 Å². The minimum Gasteiger partial charge on any atom is -0.371 e. The van der Waals surface area contributed by atoms with Gasteiger partial charge in [0.25, 0.3) is 0 Å². The van der Waals surface area contributed by atoms with Crippen molar-refractivity contribution in [3.8, 4) is 0 Å². The quantitative estimate of drug-likeness (QED) is 0.578. The van der Waals surface area contributed by atoms with E-state index in [1.54, 1.807) is 13.0 Å². The Morgan fingerprint density at radius 2 is 1.82 bits per heavy atom. The van der Waals surface area contributed by atoms with E-state index in [-0.39, 0.29) is 17.0 Å². The molecular weight excluding hydrogens is 437 g/mol. The normalized spacial score (nSPS) is 16.2. The lowest BCUT2D eigenvalue weighted by Crippen LogP contribution is -2.32. The molecule has 3 rings (SSSR count). The number of benzene rings is 2. The maximum absolute atomic E-state index is 14.3. The summed E-state index contributed by atoms with van der Waals surface area (Å²) >= 11 is 0. The van der Waals surface area contributed by atoms with Crippen molar-refractivity contribution >= 4 is 28.3 Å². The Balaban J connectivity index is 1.75. The Bertz CT molecular complexity index is 1010. The number of carbonyl (C=O) groups is 1. The topological polar surface area (TPSA) is 61.4 Å². The molecule has 0 radical (unpaired) electrons. The minimum atomic E-state index is -1.36. The van der Waals surface area contributed by atoms with E-state index in [1.807, 2.05) is 0 Å². The molecule has 0 spiro atoms. The first-order valence-corrected chi connectivity index (χ1v) is 13.2. The highest BCUT2D eigenvalue weighted by atomic mass is 32.2. The van der Waals surface area contributed by atoms with Crippen molar-refractivity contribution < 1.29 is 13.4 Å². The van der Waals surface area contributed by atoms with Crippen molar-refractivity contribution in [1.82, 2.24) is 5.32 Å². The molecule has 1 saturated heterocycles. The van der Waals surface area contributed by atoms with Crippen molar-refractivity contribution in [1.29, 1.82) is 0 Å². The maximum atomic E-state index is 14.3. The first-order valence-electron chi connectivity index (χ1n) is 11.6. The van der Waals surface area contributed by atoms with Gasteiger partial charge in [0.05, 0.1) is 11.6 Å². The second-order valence-corrected chi connectivity index (χ2v) is 11.0. The van der Waals surface area contributed by atoms with Crippen molar-refractivity contribution in [3.63, 3.8) is 0 Å². The summed E-state index contributed by atoms with van der Waals surface area (Å²) in [5.74, 6) is -1.18. The molecule has 2 N–H and O–H groups in total. The van der Waals surface area contributed by atoms with Crippen molar-refractivity contribution in [2.45, 2.75) is 64.8 Å². The second kappa shape index (κ2) is 10.7. The van der Waals surface area contributed by atoms with Crippen LogP contribution >= 0.6 is 0 Å². The molecule has 2 unspecified atom stereocenters. The van der Waals surface area contributed by atoms with Crippen LogP contribution in [-0.4, -0.2) is 29.5 Å². The molecule has 0 bridgehead atoms. The van der Waals surface area contributed by atoms with Crippen LogP contribution in [-0.2, 0) is 27.7 Å². The van der Waals surface area contributed by atoms with Gasteiger partial charge < -0.3 is 14.9 Å². The van der Waals surface area contributed by atoms with Crippen LogP contribution in [0.3, 0.4) is 0 Å². The third-order valence-corrected chi connectivity index (χ3v) is 6.75. The summed E-state index contributed by atoms with van der Waals surface area (Å²) < 4.78 is 28.2. The van der Waals surface area contributed by atoms with Crippen LogP contribution < -0.4 is 14.9 Å². The lowest BCUT2D eigenvalue weighted by Gasteiger charge is -2.32. The molecule has 0 saturated carbocycles. The largest absolute Gasteiger partial charge is 0.371 e. The van der Waals surface area contributed by atoms with Gasteiger partial charge >= 0.3 is 0 Å². The van der Waals surface area contributed by atoms with Gasteiger partial charge in [0.1, 0.15) is 16.8 Å². The Kier molecular flexibility index (Phi) is 8.16. The van der Waals surface area contributed by atoms with E-state index in [0.717, 1.165) is 18.7 Å². The van der Waals surface area contributed by atoms with Crippen molar-refractivity contribution in [2.75, 3.05) is 29.0 Å². The van der Waals surface area contributed by atoms with Gasteiger partial charge in [-0.1, -0.05) is 39.0 Å². The van der Waals surface area contributed by atoms with Crippen LogP contribution in [0.2, 0.25) is 0 Å². The van der Waals surface area contributed by atoms with Gasteiger partial charge in [0, 0.05) is 31.6 Å². The fraction of sp³-hybridized carbons (Fsp3) is 0.500. The second-order valence-electron chi connectivity index (χ2n) is 9.88. The Morgan fingerprint density at radius 1 is 1.12 bits per heavy atom. The molecule has 2 aromatic carbocycles. The van der Waals surface area contributed by atoms with Gasteiger partial charge in [-0.15, -0.1) is 0 Å². The molecule has 2 aromatic rings. The molecule has 7 heteroatoms. The molecule has 1 amide bonds. The molecule has 1 aliphatic heterocycles. The zero-order valence-corrected chi connectivity index (χ0v) is 21.2. The molecule has 1 heterocycles. The van der Waals surface area contributed by atoms with Gasteiger partial charge in [-0.05, 0) is 66.5 Å². The summed E-state index contributed by atoms with van der Waals surface area (Å²) in [5.41, 5.74) is 4.37. The summed E-state index contributed by atoms with van der Waals surface area (Å²) in [5, 5.41) is 3.05. The van der Waals surface area contributed by atoms with E-state index >= 15 is 0 Å². The summed E-state index contributed by atoms with van der Waals surface area (Å²) in [4.78, 5) is 15.3. The fourth-order valence-electron chi connectivity index (χ4n) is 4.13. The van der Waals surface area contributed by atoms with E-state index in [2.05, 4.69) is 53.9 Å². The van der Waals surface area contributed by atoms with Gasteiger partial charge in [0.2, 0.25) is 5.91 Å². The van der Waals surface area contributed by atoms with Crippen LogP contribution in [0.4, 0.5) is 15.8 Å². The Morgan fingerprint density at radius 3 is 2.42 bits per heavy atom. The summed E-state index contributed by atoms with van der Waals surface area (Å²) in [6.07, 6.45) is 5.07. The highest BCUT2D eigenvalue weighted by Crippen LogP contribution is 2.31. The number of carbonyl (C=O) groups excluding carboxylic acids is 1. The lowest BCUT2D eigenvalue weighted by molar-refractivity contribution is -0.122. The van der Waals surface area contributed by atoms with Gasteiger partial charge in [0.15, 0.2) is 0 Å². The molecule has 1 aliphatic rings. The Hall–Kier alpha value is -2.41. The van der Waals surface area contributed by atoms with Crippen molar-refractivity contribution in [2.24, 2.45) is 0 Å². The smallest absolute Gasteiger partial charge is 0.227 e. The molecule has 0 aliphatic carbocycles. The predicted molar refractivity (Wildman–Crippen MR) is 136 cm³/mol. The summed E-state index contributed by atoms with van der Waals surface area (Å²) in [7, 11) is -1.36. The average molecular weight is 474 g/mol. The fourth-order valence-corrected chi connectivity index (χ4v) is 4.61. The average Bonchev–Trinajstić information content (AvgIpc) is 2.78. The van der Waals surface area contributed by atoms with Crippen LogP contribution in [0.25, 0.3) is 0 Å². The molecule has 180 valence electrons. The van der Waals surface area contributed by atoms with E-state index in [9.17, 15) is 13.4 Å². The van der Waals surface area contributed by atoms with E-state index in [1.165, 1.54) is 48.9 Å². The number of halogens is 1. The number of piperidine rings is 1. The predicted octanol–water partition coefficient (Wildman–Crippen LogP) is 5.24. The molecule has 0 aromatic heterocycles. The monoisotopic (exact) mass is 473 g/mol. The first-order chi connectivity index (χ1) is 15.6. The van der Waals surface area contributed by atoms with Crippen molar-refractivity contribution in [3.05, 3.63) is 58.9 Å². The standard InChI is InChI=1S/C26H36FN3O2S/c1-18(19-10-12-23(22(27)15-19)29-33(5)32)25(31)28-17-20-9-11-21(26(2,3)4)16-24(20)30-13-7-6-8-14-30/h9-12,15-16,18,29H,6-8,13-14,17H2,1-5H3,(H,28,31).